The second-order valence-electron chi connectivity index (χ2n) is 4.19. The molecule has 0 spiro atoms. The number of thiophene rings is 1. The Morgan fingerprint density at radius 1 is 1.44 bits per heavy atom. The first kappa shape index (κ1) is 13.3. The molecule has 0 bridgehead atoms. The number of aromatic nitrogens is 1. The third-order valence-corrected chi connectivity index (χ3v) is 3.88. The predicted octanol–water partition coefficient (Wildman–Crippen LogP) is 3.49. The topological polar surface area (TPSA) is 36.4 Å². The van der Waals surface area contributed by atoms with E-state index in [0.717, 1.165) is 22.3 Å². The lowest BCUT2D eigenvalue weighted by Gasteiger charge is -2.18. The van der Waals surface area contributed by atoms with Crippen molar-refractivity contribution >= 4 is 28.8 Å². The van der Waals surface area contributed by atoms with Gasteiger partial charge in [0.15, 0.2) is 0 Å². The quantitative estimate of drug-likeness (QED) is 0.933. The molecular weight excluding hydrogens is 268 g/mol. The van der Waals surface area contributed by atoms with Crippen molar-refractivity contribution in [2.24, 2.45) is 0 Å². The van der Waals surface area contributed by atoms with Gasteiger partial charge in [-0.3, -0.25) is 0 Å². The molecule has 0 aliphatic carbocycles. The molecule has 1 N–H and O–H groups in total. The summed E-state index contributed by atoms with van der Waals surface area (Å²) in [6.45, 7) is 2.51. The van der Waals surface area contributed by atoms with Crippen molar-refractivity contribution in [3.05, 3.63) is 45.2 Å². The monoisotopic (exact) mass is 282 g/mol. The lowest BCUT2D eigenvalue weighted by molar-refractivity contribution is 0.199. The van der Waals surface area contributed by atoms with Gasteiger partial charge in [0.1, 0.15) is 5.82 Å². The minimum Gasteiger partial charge on any atom is -0.389 e. The van der Waals surface area contributed by atoms with E-state index in [1.54, 1.807) is 24.5 Å². The highest BCUT2D eigenvalue weighted by atomic mass is 35.5. The lowest BCUT2D eigenvalue weighted by atomic mass is 10.2. The highest BCUT2D eigenvalue weighted by Crippen LogP contribution is 2.24. The molecule has 1 atom stereocenters. The van der Waals surface area contributed by atoms with Crippen LogP contribution in [0.1, 0.15) is 23.5 Å². The van der Waals surface area contributed by atoms with Crippen LogP contribution in [-0.2, 0) is 6.54 Å². The van der Waals surface area contributed by atoms with Crippen molar-refractivity contribution in [2.75, 3.05) is 11.9 Å². The molecule has 0 aliphatic heterocycles. The van der Waals surface area contributed by atoms with Crippen molar-refractivity contribution in [3.63, 3.8) is 0 Å². The van der Waals surface area contributed by atoms with Crippen molar-refractivity contribution in [1.29, 1.82) is 0 Å². The van der Waals surface area contributed by atoms with Gasteiger partial charge in [0, 0.05) is 18.1 Å². The van der Waals surface area contributed by atoms with Crippen LogP contribution in [0.5, 0.6) is 0 Å². The maximum Gasteiger partial charge on any atom is 0.128 e. The fourth-order valence-electron chi connectivity index (χ4n) is 1.65. The van der Waals surface area contributed by atoms with Gasteiger partial charge in [0.05, 0.1) is 17.0 Å². The first-order valence-corrected chi connectivity index (χ1v) is 6.85. The molecule has 3 nitrogen and oxygen atoms in total. The van der Waals surface area contributed by atoms with E-state index in [9.17, 15) is 5.11 Å². The van der Waals surface area contributed by atoms with Crippen LogP contribution in [-0.4, -0.2) is 17.1 Å². The van der Waals surface area contributed by atoms with E-state index in [1.165, 1.54) is 4.88 Å². The van der Waals surface area contributed by atoms with E-state index in [2.05, 4.69) is 4.98 Å². The van der Waals surface area contributed by atoms with Gasteiger partial charge in [-0.25, -0.2) is 4.98 Å². The van der Waals surface area contributed by atoms with Gasteiger partial charge in [0.25, 0.3) is 0 Å². The average molecular weight is 283 g/mol. The zero-order valence-corrected chi connectivity index (χ0v) is 11.9. The van der Waals surface area contributed by atoms with Crippen LogP contribution in [0.25, 0.3) is 0 Å². The zero-order chi connectivity index (χ0) is 13.1. The van der Waals surface area contributed by atoms with Crippen LogP contribution in [0.2, 0.25) is 4.34 Å². The van der Waals surface area contributed by atoms with Crippen molar-refractivity contribution in [2.45, 2.75) is 19.6 Å². The molecule has 0 amide bonds. The van der Waals surface area contributed by atoms with E-state index in [1.807, 2.05) is 36.2 Å². The largest absolute Gasteiger partial charge is 0.389 e. The Hall–Kier alpha value is -1.10. The standard InChI is InChI=1S/C13H15ClN2OS/c1-9(17)10-5-6-15-13(7-10)16(2)8-11-3-4-12(14)18-11/h3-7,9,17H,8H2,1-2H3/t9-/m1/s1. The maximum absolute atomic E-state index is 9.56. The SMILES string of the molecule is C[C@@H](O)c1ccnc(N(C)Cc2ccc(Cl)s2)c1. The molecule has 0 radical (unpaired) electrons. The summed E-state index contributed by atoms with van der Waals surface area (Å²) in [7, 11) is 1.97. The molecule has 2 aromatic heterocycles. The number of halogens is 1. The molecule has 2 heterocycles. The number of pyridine rings is 1. The van der Waals surface area contributed by atoms with Crippen LogP contribution < -0.4 is 4.90 Å². The summed E-state index contributed by atoms with van der Waals surface area (Å²) in [5, 5.41) is 9.56. The van der Waals surface area contributed by atoms with Gasteiger partial charge >= 0.3 is 0 Å². The van der Waals surface area contributed by atoms with Gasteiger partial charge in [-0.2, -0.15) is 0 Å². The molecule has 0 aliphatic rings. The maximum atomic E-state index is 9.56. The van der Waals surface area contributed by atoms with Crippen LogP contribution >= 0.6 is 22.9 Å². The Morgan fingerprint density at radius 3 is 2.83 bits per heavy atom. The molecule has 0 fully saturated rings. The molecule has 2 rings (SSSR count). The molecule has 0 aromatic carbocycles. The van der Waals surface area contributed by atoms with Crippen LogP contribution in [0, 0.1) is 0 Å². The van der Waals surface area contributed by atoms with E-state index >= 15 is 0 Å². The van der Waals surface area contributed by atoms with Gasteiger partial charge in [-0.1, -0.05) is 11.6 Å². The average Bonchev–Trinajstić information content (AvgIpc) is 2.75. The number of aliphatic hydroxyl groups excluding tert-OH is 1. The van der Waals surface area contributed by atoms with Gasteiger partial charge in [-0.15, -0.1) is 11.3 Å². The second-order valence-corrected chi connectivity index (χ2v) is 5.98. The van der Waals surface area contributed by atoms with Crippen LogP contribution in [0.15, 0.2) is 30.5 Å². The predicted molar refractivity (Wildman–Crippen MR) is 76.3 cm³/mol. The van der Waals surface area contributed by atoms with Crippen molar-refractivity contribution < 1.29 is 5.11 Å². The molecule has 96 valence electrons. The molecule has 2 aromatic rings. The molecule has 0 saturated carbocycles. The Kier molecular flexibility index (Phi) is 4.22. The minimum absolute atomic E-state index is 0.476. The van der Waals surface area contributed by atoms with Gasteiger partial charge < -0.3 is 10.0 Å². The first-order valence-electron chi connectivity index (χ1n) is 5.65. The fourth-order valence-corrected chi connectivity index (χ4v) is 2.80. The summed E-state index contributed by atoms with van der Waals surface area (Å²) in [5.41, 5.74) is 0.871. The third-order valence-electron chi connectivity index (χ3n) is 2.66. The summed E-state index contributed by atoms with van der Waals surface area (Å²) in [5.74, 6) is 0.845. The molecule has 0 unspecified atom stereocenters. The molecular formula is C13H15ClN2OS. The third kappa shape index (κ3) is 3.22. The number of anilines is 1. The summed E-state index contributed by atoms with van der Waals surface area (Å²) in [4.78, 5) is 7.53. The van der Waals surface area contributed by atoms with Crippen molar-refractivity contribution in [1.82, 2.24) is 4.98 Å². The molecule has 18 heavy (non-hydrogen) atoms. The summed E-state index contributed by atoms with van der Waals surface area (Å²) < 4.78 is 0.795. The number of hydrogen-bond acceptors (Lipinski definition) is 4. The zero-order valence-electron chi connectivity index (χ0n) is 10.3. The summed E-state index contributed by atoms with van der Waals surface area (Å²) in [6, 6.07) is 7.64. The van der Waals surface area contributed by atoms with E-state index in [-0.39, 0.29) is 0 Å². The highest BCUT2D eigenvalue weighted by Gasteiger charge is 2.08. The number of rotatable bonds is 4. The summed E-state index contributed by atoms with van der Waals surface area (Å²) in [6.07, 6.45) is 1.24. The normalized spacial score (nSPS) is 12.4. The Bertz CT molecular complexity index is 527. The Labute approximate surface area is 116 Å². The minimum atomic E-state index is -0.476. The smallest absolute Gasteiger partial charge is 0.128 e. The van der Waals surface area contributed by atoms with E-state index in [4.69, 9.17) is 11.6 Å². The van der Waals surface area contributed by atoms with E-state index in [0.29, 0.717) is 0 Å². The first-order chi connectivity index (χ1) is 8.56. The number of hydrogen-bond donors (Lipinski definition) is 1. The van der Waals surface area contributed by atoms with Gasteiger partial charge in [0.2, 0.25) is 0 Å². The Balaban J connectivity index is 2.13. The van der Waals surface area contributed by atoms with Crippen LogP contribution in [0.4, 0.5) is 5.82 Å². The molecule has 0 saturated heterocycles. The lowest BCUT2D eigenvalue weighted by Crippen LogP contribution is -2.17. The number of nitrogens with zero attached hydrogens (tertiary/aromatic N) is 2. The molecule has 5 heteroatoms. The van der Waals surface area contributed by atoms with E-state index < -0.39 is 6.10 Å². The van der Waals surface area contributed by atoms with Crippen LogP contribution in [0.3, 0.4) is 0 Å². The summed E-state index contributed by atoms with van der Waals surface area (Å²) >= 11 is 7.48. The highest BCUT2D eigenvalue weighted by molar-refractivity contribution is 7.16. The Morgan fingerprint density at radius 2 is 2.22 bits per heavy atom. The fraction of sp³-hybridized carbons (Fsp3) is 0.308. The van der Waals surface area contributed by atoms with Gasteiger partial charge in [-0.05, 0) is 36.8 Å². The second kappa shape index (κ2) is 5.69. The number of aliphatic hydroxyl groups is 1. The van der Waals surface area contributed by atoms with Crippen molar-refractivity contribution in [3.8, 4) is 0 Å².